The molecule has 2 aromatic rings. The van der Waals surface area contributed by atoms with Crippen LogP contribution in [-0.2, 0) is 0 Å². The van der Waals surface area contributed by atoms with Crippen LogP contribution >= 0.6 is 40.7 Å². The molecule has 3 heterocycles. The highest BCUT2D eigenvalue weighted by Gasteiger charge is 2.23. The molecular weight excluding hydrogens is 403 g/mol. The molecule has 1 aliphatic rings. The monoisotopic (exact) mass is 420 g/mol. The van der Waals surface area contributed by atoms with Crippen molar-refractivity contribution in [3.63, 3.8) is 0 Å². The largest absolute Gasteiger partial charge is 0.346 e. The van der Waals surface area contributed by atoms with Crippen LogP contribution < -0.4 is 10.6 Å². The summed E-state index contributed by atoms with van der Waals surface area (Å²) in [7, 11) is 0. The fourth-order valence-electron chi connectivity index (χ4n) is 2.56. The Labute approximate surface area is 156 Å². The summed E-state index contributed by atoms with van der Waals surface area (Å²) in [6, 6.07) is 3.77. The SMILES string of the molecule is CC1CCNCC1NC(=O)c1ccc2cncc(Br)c2n1.Cl.Cl. The van der Waals surface area contributed by atoms with E-state index in [0.717, 1.165) is 34.9 Å². The highest BCUT2D eigenvalue weighted by molar-refractivity contribution is 9.10. The van der Waals surface area contributed by atoms with Crippen LogP contribution in [-0.4, -0.2) is 35.0 Å². The molecule has 1 amide bonds. The van der Waals surface area contributed by atoms with Gasteiger partial charge in [-0.15, -0.1) is 24.8 Å². The molecule has 5 nitrogen and oxygen atoms in total. The van der Waals surface area contributed by atoms with Crippen molar-refractivity contribution in [3.05, 3.63) is 34.7 Å². The molecule has 0 aromatic carbocycles. The van der Waals surface area contributed by atoms with E-state index in [1.165, 1.54) is 0 Å². The summed E-state index contributed by atoms with van der Waals surface area (Å²) >= 11 is 3.42. The van der Waals surface area contributed by atoms with Crippen LogP contribution in [0.1, 0.15) is 23.8 Å². The molecule has 1 aliphatic heterocycles. The van der Waals surface area contributed by atoms with E-state index in [9.17, 15) is 4.79 Å². The smallest absolute Gasteiger partial charge is 0.270 e. The van der Waals surface area contributed by atoms with Gasteiger partial charge in [0, 0.05) is 30.4 Å². The van der Waals surface area contributed by atoms with Crippen molar-refractivity contribution in [3.8, 4) is 0 Å². The number of amides is 1. The number of fused-ring (bicyclic) bond motifs is 1. The molecule has 0 radical (unpaired) electrons. The van der Waals surface area contributed by atoms with Crippen LogP contribution in [0.25, 0.3) is 10.9 Å². The third-order valence-corrected chi connectivity index (χ3v) is 4.51. The van der Waals surface area contributed by atoms with Gasteiger partial charge in [0.15, 0.2) is 0 Å². The van der Waals surface area contributed by atoms with Crippen LogP contribution in [0.2, 0.25) is 0 Å². The maximum absolute atomic E-state index is 12.4. The Bertz CT molecular complexity index is 686. The normalized spacial score (nSPS) is 20.3. The van der Waals surface area contributed by atoms with Gasteiger partial charge in [-0.25, -0.2) is 4.98 Å². The van der Waals surface area contributed by atoms with Crippen molar-refractivity contribution in [1.82, 2.24) is 20.6 Å². The Morgan fingerprint density at radius 1 is 1.35 bits per heavy atom. The Balaban J connectivity index is 0.00000132. The average Bonchev–Trinajstić information content (AvgIpc) is 2.50. The highest BCUT2D eigenvalue weighted by atomic mass is 79.9. The highest BCUT2D eigenvalue weighted by Crippen LogP contribution is 2.21. The van der Waals surface area contributed by atoms with E-state index in [4.69, 9.17) is 0 Å². The van der Waals surface area contributed by atoms with Gasteiger partial charge >= 0.3 is 0 Å². The minimum Gasteiger partial charge on any atom is -0.346 e. The average molecular weight is 422 g/mol. The van der Waals surface area contributed by atoms with E-state index in [-0.39, 0.29) is 36.8 Å². The second-order valence-corrected chi connectivity index (χ2v) is 6.29. The number of hydrogen-bond donors (Lipinski definition) is 2. The number of nitrogens with one attached hydrogen (secondary N) is 2. The van der Waals surface area contributed by atoms with Gasteiger partial charge < -0.3 is 10.6 Å². The predicted octanol–water partition coefficient (Wildman–Crippen LogP) is 2.96. The number of rotatable bonds is 2. The second-order valence-electron chi connectivity index (χ2n) is 5.44. The van der Waals surface area contributed by atoms with Crippen molar-refractivity contribution in [1.29, 1.82) is 0 Å². The van der Waals surface area contributed by atoms with Gasteiger partial charge in [0.25, 0.3) is 5.91 Å². The minimum absolute atomic E-state index is 0. The van der Waals surface area contributed by atoms with Crippen molar-refractivity contribution in [2.24, 2.45) is 5.92 Å². The summed E-state index contributed by atoms with van der Waals surface area (Å²) < 4.78 is 0.794. The van der Waals surface area contributed by atoms with E-state index < -0.39 is 0 Å². The summed E-state index contributed by atoms with van der Waals surface area (Å²) in [4.78, 5) is 20.9. The van der Waals surface area contributed by atoms with Gasteiger partial charge in [-0.3, -0.25) is 9.78 Å². The number of nitrogens with zero attached hydrogens (tertiary/aromatic N) is 2. The number of pyridine rings is 2. The lowest BCUT2D eigenvalue weighted by molar-refractivity contribution is 0.0910. The molecule has 23 heavy (non-hydrogen) atoms. The molecule has 2 unspecified atom stereocenters. The first-order valence-electron chi connectivity index (χ1n) is 7.07. The summed E-state index contributed by atoms with van der Waals surface area (Å²) in [5.74, 6) is 0.354. The van der Waals surface area contributed by atoms with Crippen LogP contribution in [0, 0.1) is 5.92 Å². The van der Waals surface area contributed by atoms with Gasteiger partial charge in [0.2, 0.25) is 0 Å². The standard InChI is InChI=1S/C15H17BrN4O.2ClH/c1-9-4-5-17-8-13(9)20-15(21)12-3-2-10-6-18-7-11(16)14(10)19-12;;/h2-3,6-7,9,13,17H,4-5,8H2,1H3,(H,20,21);2*1H. The van der Waals surface area contributed by atoms with Gasteiger partial charge in [0.05, 0.1) is 9.99 Å². The zero-order valence-corrected chi connectivity index (χ0v) is 15.8. The number of carbonyl (C=O) groups excluding carboxylic acids is 1. The van der Waals surface area contributed by atoms with Crippen LogP contribution in [0.15, 0.2) is 29.0 Å². The van der Waals surface area contributed by atoms with Gasteiger partial charge in [-0.1, -0.05) is 6.92 Å². The number of hydrogen-bond acceptors (Lipinski definition) is 4. The quantitative estimate of drug-likeness (QED) is 0.782. The molecular formula is C15H19BrCl2N4O. The van der Waals surface area contributed by atoms with Crippen molar-refractivity contribution in [2.45, 2.75) is 19.4 Å². The lowest BCUT2D eigenvalue weighted by Gasteiger charge is -2.30. The summed E-state index contributed by atoms with van der Waals surface area (Å²) in [5.41, 5.74) is 1.19. The fraction of sp³-hybridized carbons (Fsp3) is 0.400. The zero-order chi connectivity index (χ0) is 14.8. The Hall–Kier alpha value is -0.950. The lowest BCUT2D eigenvalue weighted by atomic mass is 9.95. The molecule has 0 spiro atoms. The molecule has 8 heteroatoms. The molecule has 126 valence electrons. The Morgan fingerprint density at radius 2 is 2.13 bits per heavy atom. The maximum atomic E-state index is 12.4. The van der Waals surface area contributed by atoms with E-state index in [1.54, 1.807) is 18.5 Å². The van der Waals surface area contributed by atoms with Gasteiger partial charge in [-0.05, 0) is 46.9 Å². The van der Waals surface area contributed by atoms with Crippen molar-refractivity contribution >= 4 is 57.6 Å². The van der Waals surface area contributed by atoms with Gasteiger partial charge in [-0.2, -0.15) is 0 Å². The molecule has 0 saturated carbocycles. The molecule has 2 atom stereocenters. The summed E-state index contributed by atoms with van der Waals surface area (Å²) in [6.45, 7) is 4.00. The molecule has 0 bridgehead atoms. The number of carbonyl (C=O) groups is 1. The fourth-order valence-corrected chi connectivity index (χ4v) is 3.00. The Kier molecular flexibility index (Phi) is 7.67. The molecule has 2 aromatic heterocycles. The van der Waals surface area contributed by atoms with E-state index in [0.29, 0.717) is 11.6 Å². The summed E-state index contributed by atoms with van der Waals surface area (Å²) in [6.07, 6.45) is 4.50. The topological polar surface area (TPSA) is 66.9 Å². The van der Waals surface area contributed by atoms with E-state index in [1.807, 2.05) is 6.07 Å². The van der Waals surface area contributed by atoms with Crippen LogP contribution in [0.3, 0.4) is 0 Å². The van der Waals surface area contributed by atoms with E-state index >= 15 is 0 Å². The Morgan fingerprint density at radius 3 is 2.87 bits per heavy atom. The number of aromatic nitrogens is 2. The van der Waals surface area contributed by atoms with Crippen LogP contribution in [0.5, 0.6) is 0 Å². The van der Waals surface area contributed by atoms with Crippen molar-refractivity contribution in [2.75, 3.05) is 13.1 Å². The van der Waals surface area contributed by atoms with Crippen LogP contribution in [0.4, 0.5) is 0 Å². The first-order valence-corrected chi connectivity index (χ1v) is 7.86. The van der Waals surface area contributed by atoms with Crippen molar-refractivity contribution < 1.29 is 4.79 Å². The molecule has 1 fully saturated rings. The third kappa shape index (κ3) is 4.53. The molecule has 2 N–H and O–H groups in total. The maximum Gasteiger partial charge on any atom is 0.270 e. The molecule has 0 aliphatic carbocycles. The number of piperidine rings is 1. The second kappa shape index (κ2) is 8.78. The van der Waals surface area contributed by atoms with Gasteiger partial charge in [0.1, 0.15) is 5.69 Å². The third-order valence-electron chi connectivity index (χ3n) is 3.93. The molecule has 1 saturated heterocycles. The first kappa shape index (κ1) is 20.1. The lowest BCUT2D eigenvalue weighted by Crippen LogP contribution is -2.50. The summed E-state index contributed by atoms with van der Waals surface area (Å²) in [5, 5.41) is 7.29. The predicted molar refractivity (Wildman–Crippen MR) is 99.6 cm³/mol. The number of halogens is 3. The molecule has 3 rings (SSSR count). The zero-order valence-electron chi connectivity index (χ0n) is 12.6. The first-order chi connectivity index (χ1) is 10.1. The minimum atomic E-state index is -0.124. The van der Waals surface area contributed by atoms with E-state index in [2.05, 4.69) is 43.5 Å².